The Morgan fingerprint density at radius 3 is 2.61 bits per heavy atom. The van der Waals surface area contributed by atoms with E-state index in [-0.39, 0.29) is 5.56 Å². The molecule has 1 N–H and O–H groups in total. The molecular formula is C23H20ClN5O2. The lowest BCUT2D eigenvalue weighted by molar-refractivity contribution is 0.327. The monoisotopic (exact) mass is 433 g/mol. The van der Waals surface area contributed by atoms with Gasteiger partial charge in [-0.05, 0) is 48.9 Å². The Hall–Kier alpha value is -3.71. The standard InChI is InChI=1S/C23H20ClN5O2/c1-2-31-21-10-8-18(15-28-21)29(20-9-7-17(24)14-27-20)22(16-5-3-11-25-13-16)19-6-4-12-26-23(19)30/h3-15,22H,2H2,1H3,(H,26,30). The summed E-state index contributed by atoms with van der Waals surface area (Å²) in [6, 6.07) is 14.1. The topological polar surface area (TPSA) is 84.0 Å². The molecule has 4 aromatic rings. The largest absolute Gasteiger partial charge is 0.478 e. The van der Waals surface area contributed by atoms with Crippen molar-refractivity contribution < 1.29 is 4.74 Å². The Bertz CT molecular complexity index is 1180. The van der Waals surface area contributed by atoms with Crippen LogP contribution in [-0.2, 0) is 0 Å². The van der Waals surface area contributed by atoms with Gasteiger partial charge in [0.15, 0.2) is 0 Å². The molecule has 8 heteroatoms. The molecular weight excluding hydrogens is 414 g/mol. The van der Waals surface area contributed by atoms with E-state index in [4.69, 9.17) is 16.3 Å². The molecule has 1 unspecified atom stereocenters. The lowest BCUT2D eigenvalue weighted by atomic mass is 9.99. The second kappa shape index (κ2) is 9.40. The predicted molar refractivity (Wildman–Crippen MR) is 120 cm³/mol. The van der Waals surface area contributed by atoms with Gasteiger partial charge in [-0.25, -0.2) is 9.97 Å². The highest BCUT2D eigenvalue weighted by molar-refractivity contribution is 6.30. The van der Waals surface area contributed by atoms with Crippen LogP contribution in [0.4, 0.5) is 11.5 Å². The Morgan fingerprint density at radius 2 is 1.97 bits per heavy atom. The molecule has 0 aromatic carbocycles. The van der Waals surface area contributed by atoms with Gasteiger partial charge in [0, 0.05) is 36.4 Å². The number of rotatable bonds is 7. The van der Waals surface area contributed by atoms with E-state index in [0.717, 1.165) is 11.3 Å². The molecule has 0 saturated heterocycles. The fraction of sp³-hybridized carbons (Fsp3) is 0.130. The minimum Gasteiger partial charge on any atom is -0.478 e. The van der Waals surface area contributed by atoms with Gasteiger partial charge in [-0.2, -0.15) is 0 Å². The fourth-order valence-electron chi connectivity index (χ4n) is 3.33. The van der Waals surface area contributed by atoms with Crippen molar-refractivity contribution in [2.75, 3.05) is 11.5 Å². The number of hydrogen-bond donors (Lipinski definition) is 1. The average Bonchev–Trinajstić information content (AvgIpc) is 2.80. The lowest BCUT2D eigenvalue weighted by Crippen LogP contribution is -2.30. The molecule has 156 valence electrons. The van der Waals surface area contributed by atoms with Crippen LogP contribution in [0.1, 0.15) is 24.1 Å². The number of anilines is 2. The summed E-state index contributed by atoms with van der Waals surface area (Å²) in [7, 11) is 0. The average molecular weight is 434 g/mol. The smallest absolute Gasteiger partial charge is 0.253 e. The number of aromatic amines is 1. The van der Waals surface area contributed by atoms with Crippen molar-refractivity contribution in [3.8, 4) is 5.88 Å². The maximum atomic E-state index is 12.8. The highest BCUT2D eigenvalue weighted by atomic mass is 35.5. The van der Waals surface area contributed by atoms with Crippen molar-refractivity contribution in [2.45, 2.75) is 13.0 Å². The van der Waals surface area contributed by atoms with Crippen LogP contribution in [0.5, 0.6) is 5.88 Å². The van der Waals surface area contributed by atoms with Crippen molar-refractivity contribution in [2.24, 2.45) is 0 Å². The summed E-state index contributed by atoms with van der Waals surface area (Å²) in [5.41, 5.74) is 1.90. The third kappa shape index (κ3) is 4.57. The zero-order chi connectivity index (χ0) is 21.6. The van der Waals surface area contributed by atoms with E-state index in [1.165, 1.54) is 0 Å². The summed E-state index contributed by atoms with van der Waals surface area (Å²) >= 11 is 6.08. The number of hydrogen-bond acceptors (Lipinski definition) is 6. The molecule has 0 amide bonds. The first-order chi connectivity index (χ1) is 15.2. The second-order valence-electron chi connectivity index (χ2n) is 6.64. The molecule has 0 spiro atoms. The van der Waals surface area contributed by atoms with Crippen LogP contribution in [0, 0.1) is 0 Å². The van der Waals surface area contributed by atoms with Crippen LogP contribution in [-0.4, -0.2) is 26.5 Å². The molecule has 31 heavy (non-hydrogen) atoms. The van der Waals surface area contributed by atoms with E-state index in [2.05, 4.69) is 19.9 Å². The summed E-state index contributed by atoms with van der Waals surface area (Å²) in [6.45, 7) is 2.42. The molecule has 0 aliphatic carbocycles. The van der Waals surface area contributed by atoms with Crippen molar-refractivity contribution in [3.63, 3.8) is 0 Å². The van der Waals surface area contributed by atoms with Crippen LogP contribution < -0.4 is 15.2 Å². The third-order valence-corrected chi connectivity index (χ3v) is 4.87. The van der Waals surface area contributed by atoms with E-state index in [1.54, 1.807) is 61.3 Å². The van der Waals surface area contributed by atoms with E-state index in [0.29, 0.717) is 28.9 Å². The Labute approximate surface area is 184 Å². The molecule has 4 heterocycles. The lowest BCUT2D eigenvalue weighted by Gasteiger charge is -2.32. The van der Waals surface area contributed by atoms with Crippen molar-refractivity contribution in [1.29, 1.82) is 0 Å². The summed E-state index contributed by atoms with van der Waals surface area (Å²) < 4.78 is 5.48. The summed E-state index contributed by atoms with van der Waals surface area (Å²) in [6.07, 6.45) is 8.31. The normalized spacial score (nSPS) is 11.7. The van der Waals surface area contributed by atoms with Crippen molar-refractivity contribution >= 4 is 23.1 Å². The van der Waals surface area contributed by atoms with Gasteiger partial charge in [-0.15, -0.1) is 0 Å². The first kappa shape index (κ1) is 20.6. The van der Waals surface area contributed by atoms with Gasteiger partial charge in [-0.1, -0.05) is 17.7 Å². The molecule has 0 saturated carbocycles. The van der Waals surface area contributed by atoms with Gasteiger partial charge in [0.1, 0.15) is 5.82 Å². The van der Waals surface area contributed by atoms with Crippen molar-refractivity contribution in [1.82, 2.24) is 19.9 Å². The molecule has 0 aliphatic rings. The predicted octanol–water partition coefficient (Wildman–Crippen LogP) is 4.54. The molecule has 4 aromatic heterocycles. The summed E-state index contributed by atoms with van der Waals surface area (Å²) in [4.78, 5) is 30.7. The van der Waals surface area contributed by atoms with Crippen LogP contribution in [0.3, 0.4) is 0 Å². The molecule has 7 nitrogen and oxygen atoms in total. The number of H-pyrrole nitrogens is 1. The highest BCUT2D eigenvalue weighted by Crippen LogP contribution is 2.37. The van der Waals surface area contributed by atoms with Gasteiger partial charge >= 0.3 is 0 Å². The van der Waals surface area contributed by atoms with Gasteiger partial charge in [0.2, 0.25) is 5.88 Å². The molecule has 0 radical (unpaired) electrons. The number of pyridine rings is 4. The number of halogens is 1. The van der Waals surface area contributed by atoms with Crippen LogP contribution in [0.25, 0.3) is 0 Å². The molecule has 4 rings (SSSR count). The number of nitrogens with one attached hydrogen (secondary N) is 1. The highest BCUT2D eigenvalue weighted by Gasteiger charge is 2.28. The van der Waals surface area contributed by atoms with E-state index in [9.17, 15) is 4.79 Å². The summed E-state index contributed by atoms with van der Waals surface area (Å²) in [5.74, 6) is 1.12. The van der Waals surface area contributed by atoms with E-state index in [1.807, 2.05) is 30.0 Å². The SMILES string of the molecule is CCOc1ccc(N(c2ccc(Cl)cn2)C(c2cccnc2)c2ccc[nH]c2=O)cn1. The zero-order valence-corrected chi connectivity index (χ0v) is 17.5. The number of ether oxygens (including phenoxy) is 1. The van der Waals surface area contributed by atoms with Crippen molar-refractivity contribution in [3.05, 3.63) is 106 Å². The van der Waals surface area contributed by atoms with Gasteiger partial charge in [0.05, 0.1) is 29.6 Å². The molecule has 0 fully saturated rings. The Morgan fingerprint density at radius 1 is 1.06 bits per heavy atom. The maximum absolute atomic E-state index is 12.8. The minimum absolute atomic E-state index is 0.200. The van der Waals surface area contributed by atoms with Crippen LogP contribution >= 0.6 is 11.6 Å². The first-order valence-electron chi connectivity index (χ1n) is 9.74. The van der Waals surface area contributed by atoms with E-state index < -0.39 is 6.04 Å². The number of aromatic nitrogens is 4. The second-order valence-corrected chi connectivity index (χ2v) is 7.07. The fourth-order valence-corrected chi connectivity index (χ4v) is 3.44. The molecule has 0 bridgehead atoms. The zero-order valence-electron chi connectivity index (χ0n) is 16.8. The van der Waals surface area contributed by atoms with Crippen LogP contribution in [0.15, 0.2) is 84.3 Å². The van der Waals surface area contributed by atoms with Gasteiger partial charge < -0.3 is 14.6 Å². The minimum atomic E-state index is -0.507. The van der Waals surface area contributed by atoms with E-state index >= 15 is 0 Å². The third-order valence-electron chi connectivity index (χ3n) is 4.65. The van der Waals surface area contributed by atoms with Crippen LogP contribution in [0.2, 0.25) is 5.02 Å². The Kier molecular flexibility index (Phi) is 6.24. The maximum Gasteiger partial charge on any atom is 0.253 e. The molecule has 1 atom stereocenters. The Balaban J connectivity index is 1.93. The first-order valence-corrected chi connectivity index (χ1v) is 10.1. The molecule has 0 aliphatic heterocycles. The van der Waals surface area contributed by atoms with Gasteiger partial charge in [-0.3, -0.25) is 9.78 Å². The quantitative estimate of drug-likeness (QED) is 0.460. The van der Waals surface area contributed by atoms with Gasteiger partial charge in [0.25, 0.3) is 5.56 Å². The number of nitrogens with zero attached hydrogens (tertiary/aromatic N) is 4. The summed E-state index contributed by atoms with van der Waals surface area (Å²) in [5, 5.41) is 0.518.